The Morgan fingerprint density at radius 2 is 1.94 bits per heavy atom. The van der Waals surface area contributed by atoms with Crippen molar-refractivity contribution in [2.45, 2.75) is 91.6 Å². The van der Waals surface area contributed by atoms with Crippen molar-refractivity contribution < 1.29 is 14.7 Å². The van der Waals surface area contributed by atoms with Crippen molar-refractivity contribution in [2.75, 3.05) is 0 Å². The van der Waals surface area contributed by atoms with Crippen LogP contribution in [0, 0.1) is 17.3 Å². The molecule has 3 atom stereocenters. The molecule has 0 radical (unpaired) electrons. The lowest BCUT2D eigenvalue weighted by Crippen LogP contribution is -2.58. The smallest absolute Gasteiger partial charge is 0.322 e. The van der Waals surface area contributed by atoms with Crippen LogP contribution in [0.15, 0.2) is 30.0 Å². The van der Waals surface area contributed by atoms with Crippen molar-refractivity contribution in [3.63, 3.8) is 0 Å². The van der Waals surface area contributed by atoms with Crippen LogP contribution in [0.2, 0.25) is 5.02 Å². The highest BCUT2D eigenvalue weighted by Crippen LogP contribution is 2.41. The first-order valence-electron chi connectivity index (χ1n) is 12.2. The highest BCUT2D eigenvalue weighted by Gasteiger charge is 2.44. The summed E-state index contributed by atoms with van der Waals surface area (Å²) in [7, 11) is 0. The Morgan fingerprint density at radius 1 is 1.27 bits per heavy atom. The second-order valence-electron chi connectivity index (χ2n) is 11.4. The Kier molecular flexibility index (Phi) is 7.52. The largest absolute Gasteiger partial charge is 0.481 e. The lowest BCUT2D eigenvalue weighted by atomic mass is 9.77. The molecule has 1 heterocycles. The molecule has 182 valence electrons. The van der Waals surface area contributed by atoms with Crippen LogP contribution in [-0.4, -0.2) is 28.0 Å². The summed E-state index contributed by atoms with van der Waals surface area (Å²) >= 11 is 6.70. The molecule has 0 saturated heterocycles. The van der Waals surface area contributed by atoms with Gasteiger partial charge in [0.1, 0.15) is 0 Å². The molecule has 1 aromatic rings. The molecule has 0 bridgehead atoms. The number of amides is 2. The van der Waals surface area contributed by atoms with Gasteiger partial charge >= 0.3 is 12.0 Å². The summed E-state index contributed by atoms with van der Waals surface area (Å²) in [4.78, 5) is 26.8. The van der Waals surface area contributed by atoms with E-state index in [0.717, 1.165) is 47.4 Å². The number of nitrogens with zero attached hydrogens (tertiary/aromatic N) is 1. The van der Waals surface area contributed by atoms with Crippen molar-refractivity contribution in [3.05, 3.63) is 46.1 Å². The van der Waals surface area contributed by atoms with E-state index in [-0.39, 0.29) is 23.4 Å². The molecule has 0 unspecified atom stereocenters. The van der Waals surface area contributed by atoms with Crippen molar-refractivity contribution in [2.24, 2.45) is 17.3 Å². The third-order valence-electron chi connectivity index (χ3n) is 7.25. The number of hydrogen-bond donors (Lipinski definition) is 2. The third-order valence-corrected chi connectivity index (χ3v) is 7.60. The Bertz CT molecular complexity index is 934. The molecule has 1 aliphatic heterocycles. The Labute approximate surface area is 203 Å². The first kappa shape index (κ1) is 25.6. The summed E-state index contributed by atoms with van der Waals surface area (Å²) in [6.45, 7) is 12.9. The quantitative estimate of drug-likeness (QED) is 0.479. The summed E-state index contributed by atoms with van der Waals surface area (Å²) in [5.41, 5.74) is 2.63. The van der Waals surface area contributed by atoms with E-state index >= 15 is 0 Å². The standard InChI is InChI=1S/C27H39ClN2O3/c1-17(2)21-16-30(23-10-8-7-9-20(23)24(31)32)25(33)29-27(21,6)19-12-11-18(22(28)15-19)13-14-26(3,4)5/h11-12,15-17,20,23H,7-10,13-14H2,1-6H3,(H,29,33)(H,31,32)/t20-,23-,27+/m1/s1. The number of benzene rings is 1. The Hall–Kier alpha value is -2.01. The fourth-order valence-corrected chi connectivity index (χ4v) is 5.48. The van der Waals surface area contributed by atoms with Crippen LogP contribution in [-0.2, 0) is 16.8 Å². The van der Waals surface area contributed by atoms with Gasteiger partial charge in [-0.15, -0.1) is 0 Å². The second-order valence-corrected chi connectivity index (χ2v) is 11.8. The zero-order valence-corrected chi connectivity index (χ0v) is 21.6. The molecule has 33 heavy (non-hydrogen) atoms. The van der Waals surface area contributed by atoms with Crippen molar-refractivity contribution in [1.29, 1.82) is 0 Å². The van der Waals surface area contributed by atoms with Gasteiger partial charge in [-0.25, -0.2) is 4.79 Å². The average Bonchev–Trinajstić information content (AvgIpc) is 2.72. The van der Waals surface area contributed by atoms with Gasteiger partial charge in [-0.05, 0) is 66.7 Å². The number of nitrogens with one attached hydrogen (secondary N) is 1. The second kappa shape index (κ2) is 9.69. The highest BCUT2D eigenvalue weighted by molar-refractivity contribution is 6.31. The van der Waals surface area contributed by atoms with Crippen LogP contribution in [0.4, 0.5) is 4.79 Å². The van der Waals surface area contributed by atoms with Gasteiger partial charge in [-0.1, -0.05) is 71.2 Å². The van der Waals surface area contributed by atoms with Crippen LogP contribution in [0.1, 0.15) is 84.8 Å². The zero-order chi connectivity index (χ0) is 24.6. The molecule has 2 amide bonds. The minimum absolute atomic E-state index is 0.157. The van der Waals surface area contributed by atoms with E-state index in [2.05, 4.69) is 52.1 Å². The van der Waals surface area contributed by atoms with E-state index in [0.29, 0.717) is 12.8 Å². The molecular weight excluding hydrogens is 436 g/mol. The van der Waals surface area contributed by atoms with Crippen LogP contribution >= 0.6 is 11.6 Å². The minimum atomic E-state index is -0.821. The SMILES string of the molecule is CC(C)C1=CN([C@@H]2CCCC[C@H]2C(=O)O)C(=O)N[C@@]1(C)c1ccc(CCC(C)(C)C)c(Cl)c1. The van der Waals surface area contributed by atoms with Gasteiger partial charge < -0.3 is 10.4 Å². The molecule has 3 rings (SSSR count). The van der Waals surface area contributed by atoms with Crippen LogP contribution < -0.4 is 5.32 Å². The van der Waals surface area contributed by atoms with E-state index in [1.165, 1.54) is 0 Å². The zero-order valence-electron chi connectivity index (χ0n) is 20.9. The van der Waals surface area contributed by atoms with E-state index in [1.807, 2.05) is 19.2 Å². The lowest BCUT2D eigenvalue weighted by Gasteiger charge is -2.46. The lowest BCUT2D eigenvalue weighted by molar-refractivity contribution is -0.144. The predicted octanol–water partition coefficient (Wildman–Crippen LogP) is 6.74. The first-order valence-corrected chi connectivity index (χ1v) is 12.6. The summed E-state index contributed by atoms with van der Waals surface area (Å²) in [6, 6.07) is 5.56. The fourth-order valence-electron chi connectivity index (χ4n) is 5.20. The molecule has 5 nitrogen and oxygen atoms in total. The molecule has 1 saturated carbocycles. The molecule has 1 aromatic carbocycles. The van der Waals surface area contributed by atoms with Crippen LogP contribution in [0.5, 0.6) is 0 Å². The maximum atomic E-state index is 13.3. The molecule has 1 fully saturated rings. The first-order chi connectivity index (χ1) is 15.3. The van der Waals surface area contributed by atoms with Gasteiger partial charge in [0, 0.05) is 11.2 Å². The predicted molar refractivity (Wildman–Crippen MR) is 133 cm³/mol. The van der Waals surface area contributed by atoms with Gasteiger partial charge in [-0.3, -0.25) is 9.69 Å². The van der Waals surface area contributed by atoms with Gasteiger partial charge in [0.2, 0.25) is 0 Å². The average molecular weight is 475 g/mol. The number of halogens is 1. The number of aryl methyl sites for hydroxylation is 1. The summed E-state index contributed by atoms with van der Waals surface area (Å²) < 4.78 is 0. The number of aliphatic carboxylic acids is 1. The Morgan fingerprint density at radius 3 is 2.52 bits per heavy atom. The minimum Gasteiger partial charge on any atom is -0.481 e. The number of carbonyl (C=O) groups is 2. The third kappa shape index (κ3) is 5.56. The number of rotatable bonds is 6. The van der Waals surface area contributed by atoms with Crippen LogP contribution in [0.25, 0.3) is 0 Å². The number of carboxylic acids is 1. The number of carboxylic acid groups (broad SMARTS) is 1. The highest BCUT2D eigenvalue weighted by atomic mass is 35.5. The molecule has 2 aliphatic rings. The fraction of sp³-hybridized carbons (Fsp3) is 0.630. The number of urea groups is 1. The van der Waals surface area contributed by atoms with E-state index in [1.54, 1.807) is 4.90 Å². The van der Waals surface area contributed by atoms with E-state index in [4.69, 9.17) is 11.6 Å². The van der Waals surface area contributed by atoms with Gasteiger partial charge in [0.05, 0.1) is 17.5 Å². The monoisotopic (exact) mass is 474 g/mol. The molecular formula is C27H39ClN2O3. The van der Waals surface area contributed by atoms with Crippen LogP contribution in [0.3, 0.4) is 0 Å². The maximum absolute atomic E-state index is 13.3. The summed E-state index contributed by atoms with van der Waals surface area (Å²) in [5, 5.41) is 13.7. The summed E-state index contributed by atoms with van der Waals surface area (Å²) in [5.74, 6) is -1.20. The molecule has 6 heteroatoms. The molecule has 1 aliphatic carbocycles. The van der Waals surface area contributed by atoms with E-state index < -0.39 is 17.4 Å². The molecule has 2 N–H and O–H groups in total. The molecule has 0 spiro atoms. The van der Waals surface area contributed by atoms with Crippen molar-refractivity contribution in [1.82, 2.24) is 10.2 Å². The Balaban J connectivity index is 1.96. The summed E-state index contributed by atoms with van der Waals surface area (Å²) in [6.07, 6.45) is 7.00. The van der Waals surface area contributed by atoms with Crippen molar-refractivity contribution in [3.8, 4) is 0 Å². The maximum Gasteiger partial charge on any atom is 0.322 e. The van der Waals surface area contributed by atoms with E-state index in [9.17, 15) is 14.7 Å². The number of carbonyl (C=O) groups excluding carboxylic acids is 1. The molecule has 0 aromatic heterocycles. The van der Waals surface area contributed by atoms with Crippen molar-refractivity contribution >= 4 is 23.6 Å². The van der Waals surface area contributed by atoms with Gasteiger partial charge in [0.15, 0.2) is 0 Å². The number of hydrogen-bond acceptors (Lipinski definition) is 2. The normalized spacial score (nSPS) is 26.2. The van der Waals surface area contributed by atoms with Gasteiger partial charge in [-0.2, -0.15) is 0 Å². The topological polar surface area (TPSA) is 69.6 Å². The van der Waals surface area contributed by atoms with Gasteiger partial charge in [0.25, 0.3) is 0 Å².